The van der Waals surface area contributed by atoms with Gasteiger partial charge in [0.25, 0.3) is 0 Å². The zero-order chi connectivity index (χ0) is 20.1. The van der Waals surface area contributed by atoms with Crippen LogP contribution in [0.5, 0.6) is 11.5 Å². The van der Waals surface area contributed by atoms with Gasteiger partial charge in [0.2, 0.25) is 11.5 Å². The van der Waals surface area contributed by atoms with Crippen molar-refractivity contribution in [2.24, 2.45) is 0 Å². The van der Waals surface area contributed by atoms with Crippen molar-refractivity contribution < 1.29 is 23.5 Å². The molecule has 1 heterocycles. The second-order valence-electron chi connectivity index (χ2n) is 7.15. The van der Waals surface area contributed by atoms with Gasteiger partial charge in [-0.15, -0.1) is 0 Å². The van der Waals surface area contributed by atoms with Crippen LogP contribution in [0.15, 0.2) is 4.42 Å². The van der Waals surface area contributed by atoms with Crippen LogP contribution in [0.3, 0.4) is 0 Å². The maximum absolute atomic E-state index is 12.1. The van der Waals surface area contributed by atoms with E-state index in [0.29, 0.717) is 24.4 Å². The van der Waals surface area contributed by atoms with Gasteiger partial charge in [0.05, 0.1) is 0 Å². The minimum Gasteiger partial charge on any atom is -0.459 e. The van der Waals surface area contributed by atoms with Gasteiger partial charge >= 0.3 is 11.9 Å². The third-order valence-electron chi connectivity index (χ3n) is 4.55. The Morgan fingerprint density at radius 2 is 1.04 bits per heavy atom. The van der Waals surface area contributed by atoms with E-state index in [1.165, 1.54) is 25.7 Å². The number of furan rings is 1. The highest BCUT2D eigenvalue weighted by Gasteiger charge is 2.23. The van der Waals surface area contributed by atoms with E-state index in [1.54, 1.807) is 13.8 Å². The minimum absolute atomic E-state index is 0.241. The highest BCUT2D eigenvalue weighted by Crippen LogP contribution is 2.38. The van der Waals surface area contributed by atoms with Crippen molar-refractivity contribution in [1.82, 2.24) is 0 Å². The van der Waals surface area contributed by atoms with Gasteiger partial charge in [-0.3, -0.25) is 9.59 Å². The van der Waals surface area contributed by atoms with Crippen LogP contribution in [-0.4, -0.2) is 11.9 Å². The fraction of sp³-hybridized carbons (Fsp3) is 0.727. The maximum Gasteiger partial charge on any atom is 0.311 e. The lowest BCUT2D eigenvalue weighted by Gasteiger charge is -2.07. The molecule has 0 aliphatic rings. The summed E-state index contributed by atoms with van der Waals surface area (Å²) in [5.74, 6) is 0.769. The molecule has 0 atom stereocenters. The molecule has 0 aromatic carbocycles. The molecule has 0 N–H and O–H groups in total. The highest BCUT2D eigenvalue weighted by atomic mass is 16.6. The molecule has 0 spiro atoms. The van der Waals surface area contributed by atoms with Gasteiger partial charge < -0.3 is 13.9 Å². The van der Waals surface area contributed by atoms with Crippen molar-refractivity contribution >= 4 is 11.9 Å². The molecule has 0 saturated heterocycles. The highest BCUT2D eigenvalue weighted by molar-refractivity contribution is 5.77. The summed E-state index contributed by atoms with van der Waals surface area (Å²) in [6, 6.07) is 0. The zero-order valence-corrected chi connectivity index (χ0v) is 17.5. The van der Waals surface area contributed by atoms with Crippen molar-refractivity contribution in [3.8, 4) is 11.5 Å². The molecule has 1 aromatic heterocycles. The Morgan fingerprint density at radius 1 is 0.667 bits per heavy atom. The van der Waals surface area contributed by atoms with Crippen molar-refractivity contribution in [3.05, 3.63) is 11.5 Å². The van der Waals surface area contributed by atoms with Crippen LogP contribution in [0.25, 0.3) is 0 Å². The zero-order valence-electron chi connectivity index (χ0n) is 17.5. The number of unbranched alkanes of at least 4 members (excludes halogenated alkanes) is 8. The summed E-state index contributed by atoms with van der Waals surface area (Å²) in [5, 5.41) is 0. The van der Waals surface area contributed by atoms with Gasteiger partial charge in [0, 0.05) is 12.8 Å². The first-order chi connectivity index (χ1) is 13.0. The quantitative estimate of drug-likeness (QED) is 0.275. The summed E-state index contributed by atoms with van der Waals surface area (Å²) in [4.78, 5) is 24.2. The van der Waals surface area contributed by atoms with E-state index < -0.39 is 0 Å². The van der Waals surface area contributed by atoms with Crippen molar-refractivity contribution in [2.45, 2.75) is 105 Å². The number of hydrogen-bond donors (Lipinski definition) is 0. The van der Waals surface area contributed by atoms with Crippen molar-refractivity contribution in [2.75, 3.05) is 0 Å². The van der Waals surface area contributed by atoms with Crippen LogP contribution < -0.4 is 9.47 Å². The summed E-state index contributed by atoms with van der Waals surface area (Å²) in [6.45, 7) is 7.73. The van der Waals surface area contributed by atoms with E-state index in [4.69, 9.17) is 13.9 Å². The number of carbonyl (C=O) groups excluding carboxylic acids is 2. The summed E-state index contributed by atoms with van der Waals surface area (Å²) in [5.41, 5.74) is 0. The molecule has 0 fully saturated rings. The normalized spacial score (nSPS) is 10.8. The molecule has 0 saturated carbocycles. The Labute approximate surface area is 163 Å². The fourth-order valence-corrected chi connectivity index (χ4v) is 2.95. The van der Waals surface area contributed by atoms with Gasteiger partial charge in [-0.05, 0) is 26.7 Å². The molecular formula is C22H36O5. The van der Waals surface area contributed by atoms with Crippen LogP contribution in [0.1, 0.15) is 102 Å². The predicted molar refractivity (Wildman–Crippen MR) is 106 cm³/mol. The summed E-state index contributed by atoms with van der Waals surface area (Å²) < 4.78 is 16.4. The van der Waals surface area contributed by atoms with Crippen LogP contribution in [0, 0.1) is 13.8 Å². The number of aryl methyl sites for hydroxylation is 2. The molecule has 27 heavy (non-hydrogen) atoms. The molecule has 0 bridgehead atoms. The van der Waals surface area contributed by atoms with Gasteiger partial charge in [0.1, 0.15) is 11.5 Å². The predicted octanol–water partition coefficient (Wildman–Crippen LogP) is 6.43. The molecule has 0 amide bonds. The Morgan fingerprint density at radius 3 is 1.41 bits per heavy atom. The molecule has 5 heteroatoms. The molecule has 1 rings (SSSR count). The van der Waals surface area contributed by atoms with Gasteiger partial charge in [-0.2, -0.15) is 0 Å². The first kappa shape index (κ1) is 23.3. The standard InChI is InChI=1S/C22H36O5/c1-5-7-9-11-13-15-19(23)26-21-17(3)25-18(4)22(21)27-20(24)16-14-12-10-8-6-2/h5-16H2,1-4H3. The first-order valence-corrected chi connectivity index (χ1v) is 10.5. The maximum atomic E-state index is 12.1. The van der Waals surface area contributed by atoms with E-state index in [0.717, 1.165) is 38.5 Å². The van der Waals surface area contributed by atoms with Gasteiger partial charge in [0.15, 0.2) is 0 Å². The molecule has 0 unspecified atom stereocenters. The Balaban J connectivity index is 2.51. The van der Waals surface area contributed by atoms with Gasteiger partial charge in [-0.25, -0.2) is 0 Å². The lowest BCUT2D eigenvalue weighted by molar-refractivity contribution is -0.137. The van der Waals surface area contributed by atoms with Crippen LogP contribution in [-0.2, 0) is 9.59 Å². The Kier molecular flexibility index (Phi) is 11.5. The van der Waals surface area contributed by atoms with Crippen LogP contribution in [0.4, 0.5) is 0 Å². The second kappa shape index (κ2) is 13.4. The van der Waals surface area contributed by atoms with Gasteiger partial charge in [-0.1, -0.05) is 65.2 Å². The smallest absolute Gasteiger partial charge is 0.311 e. The lowest BCUT2D eigenvalue weighted by Crippen LogP contribution is -2.12. The monoisotopic (exact) mass is 380 g/mol. The Bertz CT molecular complexity index is 525. The van der Waals surface area contributed by atoms with E-state index in [-0.39, 0.29) is 23.4 Å². The van der Waals surface area contributed by atoms with E-state index in [9.17, 15) is 9.59 Å². The topological polar surface area (TPSA) is 65.7 Å². The minimum atomic E-state index is -0.313. The third kappa shape index (κ3) is 9.12. The van der Waals surface area contributed by atoms with Crippen LogP contribution in [0.2, 0.25) is 0 Å². The molecule has 0 aliphatic heterocycles. The SMILES string of the molecule is CCCCCCCC(=O)Oc1c(C)oc(C)c1OC(=O)CCCCCCC. The fourth-order valence-electron chi connectivity index (χ4n) is 2.95. The van der Waals surface area contributed by atoms with Crippen molar-refractivity contribution in [1.29, 1.82) is 0 Å². The number of ether oxygens (including phenoxy) is 2. The number of esters is 2. The van der Waals surface area contributed by atoms with E-state index in [2.05, 4.69) is 13.8 Å². The first-order valence-electron chi connectivity index (χ1n) is 10.5. The average molecular weight is 381 g/mol. The van der Waals surface area contributed by atoms with E-state index >= 15 is 0 Å². The lowest BCUT2D eigenvalue weighted by atomic mass is 10.1. The summed E-state index contributed by atoms with van der Waals surface area (Å²) in [7, 11) is 0. The Hall–Kier alpha value is -1.78. The summed E-state index contributed by atoms with van der Waals surface area (Å²) in [6.07, 6.45) is 11.4. The molecule has 0 aliphatic carbocycles. The second-order valence-corrected chi connectivity index (χ2v) is 7.15. The third-order valence-corrected chi connectivity index (χ3v) is 4.55. The number of carbonyl (C=O) groups is 2. The molecule has 0 radical (unpaired) electrons. The van der Waals surface area contributed by atoms with E-state index in [1.807, 2.05) is 0 Å². The summed E-state index contributed by atoms with van der Waals surface area (Å²) >= 11 is 0. The molecule has 154 valence electrons. The molecular weight excluding hydrogens is 344 g/mol. The largest absolute Gasteiger partial charge is 0.459 e. The van der Waals surface area contributed by atoms with Crippen LogP contribution >= 0.6 is 0 Å². The average Bonchev–Trinajstić information content (AvgIpc) is 2.88. The molecule has 5 nitrogen and oxygen atoms in total. The van der Waals surface area contributed by atoms with Crippen molar-refractivity contribution in [3.63, 3.8) is 0 Å². The number of rotatable bonds is 14. The number of hydrogen-bond acceptors (Lipinski definition) is 5. The molecule has 1 aromatic rings.